The predicted molar refractivity (Wildman–Crippen MR) is 75.1 cm³/mol. The minimum atomic E-state index is -3.61. The number of rotatable bonds is 3. The molecule has 0 amide bonds. The summed E-state index contributed by atoms with van der Waals surface area (Å²) in [6.07, 6.45) is 0.745. The molecule has 0 spiro atoms. The Labute approximate surface area is 115 Å². The predicted octanol–water partition coefficient (Wildman–Crippen LogP) is -0.113. The first kappa shape index (κ1) is 13.3. The number of hydrogen-bond acceptors (Lipinski definition) is 4. The monoisotopic (exact) mass is 296 g/mol. The van der Waals surface area contributed by atoms with Crippen LogP contribution < -0.4 is 15.7 Å². The molecule has 0 saturated carbocycles. The van der Waals surface area contributed by atoms with E-state index in [1.165, 1.54) is 12.1 Å². The average Bonchev–Trinajstić information content (AvgIpc) is 2.92. The first-order chi connectivity index (χ1) is 9.38. The van der Waals surface area contributed by atoms with Gasteiger partial charge < -0.3 is 15.3 Å². The molecule has 0 aliphatic carbocycles. The van der Waals surface area contributed by atoms with Gasteiger partial charge in [-0.15, -0.1) is 0 Å². The van der Waals surface area contributed by atoms with Crippen LogP contribution in [0, 0.1) is 0 Å². The Morgan fingerprint density at radius 1 is 1.25 bits per heavy atom. The van der Waals surface area contributed by atoms with Gasteiger partial charge in [0, 0.05) is 12.1 Å². The first-order valence-electron chi connectivity index (χ1n) is 6.35. The zero-order valence-corrected chi connectivity index (χ0v) is 11.8. The van der Waals surface area contributed by atoms with Gasteiger partial charge in [0.05, 0.1) is 15.9 Å². The van der Waals surface area contributed by atoms with Crippen LogP contribution in [0.25, 0.3) is 11.0 Å². The van der Waals surface area contributed by atoms with Crippen LogP contribution >= 0.6 is 0 Å². The van der Waals surface area contributed by atoms with Gasteiger partial charge >= 0.3 is 5.69 Å². The van der Waals surface area contributed by atoms with Crippen LogP contribution in [0.1, 0.15) is 13.3 Å². The summed E-state index contributed by atoms with van der Waals surface area (Å²) in [6.45, 7) is 3.28. The summed E-state index contributed by atoms with van der Waals surface area (Å²) in [6, 6.07) is 4.53. The van der Waals surface area contributed by atoms with Crippen LogP contribution in [-0.2, 0) is 10.0 Å². The fraction of sp³-hybridized carbons (Fsp3) is 0.417. The Bertz CT molecular complexity index is 799. The molecular formula is C12H16N4O3S. The molecule has 20 heavy (non-hydrogen) atoms. The van der Waals surface area contributed by atoms with Crippen LogP contribution in [0.5, 0.6) is 0 Å². The normalized spacial score (nSPS) is 23.4. The van der Waals surface area contributed by atoms with Crippen molar-refractivity contribution in [2.24, 2.45) is 0 Å². The highest BCUT2D eigenvalue weighted by Gasteiger charge is 2.33. The fourth-order valence-electron chi connectivity index (χ4n) is 2.47. The summed E-state index contributed by atoms with van der Waals surface area (Å²) in [5.41, 5.74) is 0.240. The van der Waals surface area contributed by atoms with Crippen molar-refractivity contribution in [3.8, 4) is 0 Å². The van der Waals surface area contributed by atoms with Gasteiger partial charge in [-0.1, -0.05) is 0 Å². The number of imidazole rings is 1. The third-order valence-corrected chi connectivity index (χ3v) is 5.18. The minimum absolute atomic E-state index is 0.147. The lowest BCUT2D eigenvalue weighted by atomic mass is 10.0. The molecule has 108 valence electrons. The van der Waals surface area contributed by atoms with Gasteiger partial charge in [-0.05, 0) is 38.1 Å². The summed E-state index contributed by atoms with van der Waals surface area (Å²) in [5, 5.41) is 3.14. The van der Waals surface area contributed by atoms with E-state index < -0.39 is 15.6 Å². The first-order valence-corrected chi connectivity index (χ1v) is 7.83. The molecule has 4 N–H and O–H groups in total. The lowest BCUT2D eigenvalue weighted by Gasteiger charge is -2.24. The van der Waals surface area contributed by atoms with Crippen LogP contribution in [0.3, 0.4) is 0 Å². The molecule has 1 aromatic carbocycles. The largest absolute Gasteiger partial charge is 0.323 e. The smallest absolute Gasteiger partial charge is 0.315 e. The summed E-state index contributed by atoms with van der Waals surface area (Å²) in [7, 11) is -3.61. The van der Waals surface area contributed by atoms with E-state index in [-0.39, 0.29) is 10.6 Å². The van der Waals surface area contributed by atoms with E-state index in [2.05, 4.69) is 20.0 Å². The molecule has 1 aromatic heterocycles. The highest BCUT2D eigenvalue weighted by molar-refractivity contribution is 7.89. The molecule has 2 heterocycles. The van der Waals surface area contributed by atoms with Crippen molar-refractivity contribution in [3.63, 3.8) is 0 Å². The number of benzene rings is 1. The van der Waals surface area contributed by atoms with Gasteiger partial charge in [0.25, 0.3) is 0 Å². The Kier molecular flexibility index (Phi) is 2.96. The molecule has 3 rings (SSSR count). The third-order valence-electron chi connectivity index (χ3n) is 3.55. The maximum Gasteiger partial charge on any atom is 0.323 e. The molecule has 1 aliphatic heterocycles. The van der Waals surface area contributed by atoms with Gasteiger partial charge in [-0.25, -0.2) is 17.9 Å². The van der Waals surface area contributed by atoms with Crippen molar-refractivity contribution in [2.45, 2.75) is 23.8 Å². The SMILES string of the molecule is CC1(NS(=O)(=O)c2ccc3[nH]c(=O)[nH]c3c2)CCNC1. The van der Waals surface area contributed by atoms with Crippen molar-refractivity contribution < 1.29 is 8.42 Å². The maximum absolute atomic E-state index is 12.4. The molecule has 1 atom stereocenters. The third kappa shape index (κ3) is 2.37. The van der Waals surface area contributed by atoms with E-state index in [0.29, 0.717) is 17.6 Å². The summed E-state index contributed by atoms with van der Waals surface area (Å²) < 4.78 is 27.5. The quantitative estimate of drug-likeness (QED) is 0.634. The summed E-state index contributed by atoms with van der Waals surface area (Å²) >= 11 is 0. The van der Waals surface area contributed by atoms with Crippen LogP contribution in [0.4, 0.5) is 0 Å². The molecule has 2 aromatic rings. The van der Waals surface area contributed by atoms with E-state index >= 15 is 0 Å². The Morgan fingerprint density at radius 3 is 2.70 bits per heavy atom. The summed E-state index contributed by atoms with van der Waals surface area (Å²) in [5.74, 6) is 0. The number of hydrogen-bond donors (Lipinski definition) is 4. The standard InChI is InChI=1S/C12H16N4O3S/c1-12(4-5-13-7-12)16-20(18,19)8-2-3-9-10(6-8)15-11(17)14-9/h2-3,6,13,16H,4-5,7H2,1H3,(H2,14,15,17). The van der Waals surface area contributed by atoms with Gasteiger partial charge in [0.2, 0.25) is 10.0 Å². The molecule has 0 radical (unpaired) electrons. The van der Waals surface area contributed by atoms with Crippen molar-refractivity contribution in [2.75, 3.05) is 13.1 Å². The van der Waals surface area contributed by atoms with Gasteiger partial charge in [0.15, 0.2) is 0 Å². The van der Waals surface area contributed by atoms with Crippen molar-refractivity contribution >= 4 is 21.1 Å². The molecule has 1 saturated heterocycles. The maximum atomic E-state index is 12.4. The minimum Gasteiger partial charge on any atom is -0.315 e. The van der Waals surface area contributed by atoms with Crippen molar-refractivity contribution in [1.82, 2.24) is 20.0 Å². The highest BCUT2D eigenvalue weighted by Crippen LogP contribution is 2.20. The second kappa shape index (κ2) is 4.44. The molecule has 0 bridgehead atoms. The number of nitrogens with one attached hydrogen (secondary N) is 4. The number of aromatic nitrogens is 2. The molecule has 8 heteroatoms. The van der Waals surface area contributed by atoms with Crippen molar-refractivity contribution in [1.29, 1.82) is 0 Å². The van der Waals surface area contributed by atoms with Gasteiger partial charge in [0.1, 0.15) is 0 Å². The van der Waals surface area contributed by atoms with Gasteiger partial charge in [-0.2, -0.15) is 0 Å². The van der Waals surface area contributed by atoms with E-state index in [9.17, 15) is 13.2 Å². The number of sulfonamides is 1. The Balaban J connectivity index is 1.98. The Morgan fingerprint density at radius 2 is 2.00 bits per heavy atom. The highest BCUT2D eigenvalue weighted by atomic mass is 32.2. The molecule has 7 nitrogen and oxygen atoms in total. The lowest BCUT2D eigenvalue weighted by Crippen LogP contribution is -2.47. The van der Waals surface area contributed by atoms with Crippen LogP contribution in [0.2, 0.25) is 0 Å². The molecule has 1 unspecified atom stereocenters. The number of H-pyrrole nitrogens is 2. The second-order valence-corrected chi connectivity index (χ2v) is 7.06. The van der Waals surface area contributed by atoms with E-state index in [0.717, 1.165) is 13.0 Å². The van der Waals surface area contributed by atoms with Gasteiger partial charge in [-0.3, -0.25) is 0 Å². The van der Waals surface area contributed by atoms with Crippen LogP contribution in [-0.4, -0.2) is 37.0 Å². The van der Waals surface area contributed by atoms with E-state index in [1.807, 2.05) is 6.92 Å². The topological polar surface area (TPSA) is 107 Å². The average molecular weight is 296 g/mol. The fourth-order valence-corrected chi connectivity index (χ4v) is 3.93. The Hall–Kier alpha value is -1.64. The van der Waals surface area contributed by atoms with E-state index in [4.69, 9.17) is 0 Å². The second-order valence-electron chi connectivity index (χ2n) is 5.38. The zero-order chi connectivity index (χ0) is 14.4. The van der Waals surface area contributed by atoms with Crippen molar-refractivity contribution in [3.05, 3.63) is 28.7 Å². The molecular weight excluding hydrogens is 280 g/mol. The molecule has 1 fully saturated rings. The number of fused-ring (bicyclic) bond motifs is 1. The lowest BCUT2D eigenvalue weighted by molar-refractivity contribution is 0.452. The number of aromatic amines is 2. The zero-order valence-electron chi connectivity index (χ0n) is 11.0. The van der Waals surface area contributed by atoms with E-state index in [1.54, 1.807) is 6.07 Å². The summed E-state index contributed by atoms with van der Waals surface area (Å²) in [4.78, 5) is 16.5. The van der Waals surface area contributed by atoms with Crippen LogP contribution in [0.15, 0.2) is 27.9 Å². The molecule has 1 aliphatic rings.